The third-order valence-corrected chi connectivity index (χ3v) is 5.09. The van der Waals surface area contributed by atoms with Gasteiger partial charge in [-0.15, -0.1) is 0 Å². The summed E-state index contributed by atoms with van der Waals surface area (Å²) in [6, 6.07) is 1.47. The number of hydrogen-bond donors (Lipinski definition) is 0. The highest BCUT2D eigenvalue weighted by Crippen LogP contribution is 2.42. The number of nitrogens with zero attached hydrogens (tertiary/aromatic N) is 5. The molecule has 2 fully saturated rings. The van der Waals surface area contributed by atoms with Crippen molar-refractivity contribution in [1.82, 2.24) is 19.7 Å². The Labute approximate surface area is 136 Å². The molecule has 2 aromatic heterocycles. The maximum atomic E-state index is 5.88. The van der Waals surface area contributed by atoms with Gasteiger partial charge < -0.3 is 4.90 Å². The minimum atomic E-state index is 0.470. The molecule has 0 amide bonds. The van der Waals surface area contributed by atoms with Crippen molar-refractivity contribution in [1.29, 1.82) is 0 Å². The highest BCUT2D eigenvalue weighted by atomic mass is 79.9. The molecule has 4 heterocycles. The zero-order valence-corrected chi connectivity index (χ0v) is 13.7. The smallest absolute Gasteiger partial charge is 0.225 e. The molecule has 0 N–H and O–H groups in total. The first-order valence-corrected chi connectivity index (χ1v) is 8.33. The SMILES string of the molecule is Clc1cnc(N2C3CCC2CC(n2cc(Br)cn2)C3)nc1. The van der Waals surface area contributed by atoms with Crippen LogP contribution in [-0.2, 0) is 0 Å². The Morgan fingerprint density at radius 2 is 1.71 bits per heavy atom. The summed E-state index contributed by atoms with van der Waals surface area (Å²) in [6.45, 7) is 0. The molecule has 0 aliphatic carbocycles. The standard InChI is InChI=1S/C14H15BrClN5/c15-9-5-19-20(8-9)13-3-11-1-2-12(4-13)21(11)14-17-6-10(16)7-18-14/h5-8,11-13H,1-4H2. The van der Waals surface area contributed by atoms with Crippen LogP contribution in [0.3, 0.4) is 0 Å². The number of aromatic nitrogens is 4. The first-order valence-electron chi connectivity index (χ1n) is 7.16. The lowest BCUT2D eigenvalue weighted by molar-refractivity contribution is 0.312. The predicted octanol–water partition coefficient (Wildman–Crippen LogP) is 3.46. The second-order valence-electron chi connectivity index (χ2n) is 5.76. The van der Waals surface area contributed by atoms with Crippen LogP contribution in [0, 0.1) is 0 Å². The van der Waals surface area contributed by atoms with Gasteiger partial charge in [-0.25, -0.2) is 9.97 Å². The lowest BCUT2D eigenvalue weighted by atomic mass is 9.98. The van der Waals surface area contributed by atoms with Gasteiger partial charge in [0.1, 0.15) is 0 Å². The highest BCUT2D eigenvalue weighted by molar-refractivity contribution is 9.10. The molecule has 0 radical (unpaired) electrons. The van der Waals surface area contributed by atoms with Gasteiger partial charge in [-0.05, 0) is 41.6 Å². The zero-order valence-electron chi connectivity index (χ0n) is 11.4. The fourth-order valence-electron chi connectivity index (χ4n) is 3.64. The highest BCUT2D eigenvalue weighted by Gasteiger charge is 2.42. The van der Waals surface area contributed by atoms with Crippen LogP contribution in [0.4, 0.5) is 5.95 Å². The van der Waals surface area contributed by atoms with Crippen molar-refractivity contribution in [3.8, 4) is 0 Å². The van der Waals surface area contributed by atoms with Gasteiger partial charge in [-0.3, -0.25) is 4.68 Å². The molecule has 5 nitrogen and oxygen atoms in total. The minimum Gasteiger partial charge on any atom is -0.335 e. The molecule has 0 saturated carbocycles. The van der Waals surface area contributed by atoms with Crippen molar-refractivity contribution in [3.05, 3.63) is 34.3 Å². The van der Waals surface area contributed by atoms with E-state index in [2.05, 4.69) is 46.8 Å². The molecule has 2 aliphatic heterocycles. The maximum absolute atomic E-state index is 5.88. The Morgan fingerprint density at radius 3 is 2.29 bits per heavy atom. The van der Waals surface area contributed by atoms with E-state index < -0.39 is 0 Å². The van der Waals surface area contributed by atoms with Gasteiger partial charge in [0.2, 0.25) is 5.95 Å². The van der Waals surface area contributed by atoms with Crippen molar-refractivity contribution in [2.45, 2.75) is 43.8 Å². The van der Waals surface area contributed by atoms with Crippen molar-refractivity contribution >= 4 is 33.5 Å². The summed E-state index contributed by atoms with van der Waals surface area (Å²) in [6.07, 6.45) is 11.9. The molecular weight excluding hydrogens is 354 g/mol. The van der Waals surface area contributed by atoms with E-state index in [1.165, 1.54) is 12.8 Å². The number of piperidine rings is 1. The fourth-order valence-corrected chi connectivity index (χ4v) is 4.04. The normalized spacial score (nSPS) is 28.1. The van der Waals surface area contributed by atoms with Crippen LogP contribution < -0.4 is 4.90 Å². The number of anilines is 1. The molecule has 2 unspecified atom stereocenters. The van der Waals surface area contributed by atoms with Crippen LogP contribution in [0.2, 0.25) is 5.02 Å². The van der Waals surface area contributed by atoms with E-state index >= 15 is 0 Å². The lowest BCUT2D eigenvalue weighted by Crippen LogP contribution is -2.44. The third kappa shape index (κ3) is 2.44. The van der Waals surface area contributed by atoms with Crippen LogP contribution in [0.5, 0.6) is 0 Å². The van der Waals surface area contributed by atoms with Crippen LogP contribution in [0.1, 0.15) is 31.7 Å². The largest absolute Gasteiger partial charge is 0.335 e. The van der Waals surface area contributed by atoms with Crippen molar-refractivity contribution in [2.75, 3.05) is 4.90 Å². The van der Waals surface area contributed by atoms with E-state index in [0.29, 0.717) is 23.1 Å². The average molecular weight is 369 g/mol. The van der Waals surface area contributed by atoms with Crippen LogP contribution in [0.25, 0.3) is 0 Å². The van der Waals surface area contributed by atoms with Gasteiger partial charge >= 0.3 is 0 Å². The summed E-state index contributed by atoms with van der Waals surface area (Å²) in [5.41, 5.74) is 0. The summed E-state index contributed by atoms with van der Waals surface area (Å²) in [7, 11) is 0. The first-order chi connectivity index (χ1) is 10.2. The van der Waals surface area contributed by atoms with Crippen LogP contribution >= 0.6 is 27.5 Å². The zero-order chi connectivity index (χ0) is 14.4. The van der Waals surface area contributed by atoms with Crippen LogP contribution in [-0.4, -0.2) is 31.8 Å². The summed E-state index contributed by atoms with van der Waals surface area (Å²) < 4.78 is 3.13. The molecule has 7 heteroatoms. The number of halogens is 2. The van der Waals surface area contributed by atoms with E-state index in [4.69, 9.17) is 11.6 Å². The molecule has 2 aliphatic rings. The Hall–Kier alpha value is -1.14. The van der Waals surface area contributed by atoms with Gasteiger partial charge in [0, 0.05) is 18.3 Å². The van der Waals surface area contributed by atoms with Gasteiger partial charge in [-0.1, -0.05) is 11.6 Å². The number of fused-ring (bicyclic) bond motifs is 2. The Kier molecular flexibility index (Phi) is 3.38. The third-order valence-electron chi connectivity index (χ3n) is 4.49. The monoisotopic (exact) mass is 367 g/mol. The summed E-state index contributed by atoms with van der Waals surface area (Å²) in [4.78, 5) is 11.2. The van der Waals surface area contributed by atoms with Gasteiger partial charge in [0.15, 0.2) is 0 Å². The van der Waals surface area contributed by atoms with E-state index in [1.807, 2.05) is 6.20 Å². The Balaban J connectivity index is 1.57. The Morgan fingerprint density at radius 1 is 1.05 bits per heavy atom. The van der Waals surface area contributed by atoms with E-state index in [-0.39, 0.29) is 0 Å². The predicted molar refractivity (Wildman–Crippen MR) is 84.5 cm³/mol. The topological polar surface area (TPSA) is 46.8 Å². The molecule has 2 atom stereocenters. The molecule has 0 aromatic carbocycles. The summed E-state index contributed by atoms with van der Waals surface area (Å²) in [5, 5.41) is 5.03. The number of rotatable bonds is 2. The summed E-state index contributed by atoms with van der Waals surface area (Å²) >= 11 is 9.36. The summed E-state index contributed by atoms with van der Waals surface area (Å²) in [5.74, 6) is 0.812. The molecule has 0 spiro atoms. The van der Waals surface area contributed by atoms with Crippen molar-refractivity contribution in [3.63, 3.8) is 0 Å². The van der Waals surface area contributed by atoms with Crippen molar-refractivity contribution in [2.24, 2.45) is 0 Å². The van der Waals surface area contributed by atoms with E-state index in [9.17, 15) is 0 Å². The fraction of sp³-hybridized carbons (Fsp3) is 0.500. The Bertz CT molecular complexity index is 629. The van der Waals surface area contributed by atoms with Crippen molar-refractivity contribution < 1.29 is 0 Å². The average Bonchev–Trinajstić information content (AvgIpc) is 3.02. The molecule has 2 aromatic rings. The molecule has 4 rings (SSSR count). The molecule has 21 heavy (non-hydrogen) atoms. The maximum Gasteiger partial charge on any atom is 0.225 e. The lowest BCUT2D eigenvalue weighted by Gasteiger charge is -2.38. The quantitative estimate of drug-likeness (QED) is 0.814. The number of hydrogen-bond acceptors (Lipinski definition) is 4. The molecule has 110 valence electrons. The second-order valence-corrected chi connectivity index (χ2v) is 7.11. The molecule has 2 saturated heterocycles. The minimum absolute atomic E-state index is 0.470. The van der Waals surface area contributed by atoms with E-state index in [0.717, 1.165) is 23.3 Å². The second kappa shape index (κ2) is 5.25. The van der Waals surface area contributed by atoms with Gasteiger partial charge in [0.05, 0.1) is 34.1 Å². The van der Waals surface area contributed by atoms with Crippen LogP contribution in [0.15, 0.2) is 29.3 Å². The van der Waals surface area contributed by atoms with Gasteiger partial charge in [-0.2, -0.15) is 5.10 Å². The van der Waals surface area contributed by atoms with Gasteiger partial charge in [0.25, 0.3) is 0 Å². The van der Waals surface area contributed by atoms with E-state index in [1.54, 1.807) is 12.4 Å². The molecular formula is C14H15BrClN5. The first kappa shape index (κ1) is 13.5. The molecule has 2 bridgehead atoms.